The summed E-state index contributed by atoms with van der Waals surface area (Å²) >= 11 is 0. The normalized spacial score (nSPS) is 10.1. The Morgan fingerprint density at radius 1 is 0.895 bits per heavy atom. The lowest BCUT2D eigenvalue weighted by molar-refractivity contribution is 0.509. The van der Waals surface area contributed by atoms with Crippen LogP contribution in [0, 0.1) is 34.6 Å². The third-order valence-electron chi connectivity index (χ3n) is 2.40. The van der Waals surface area contributed by atoms with Gasteiger partial charge in [0.2, 0.25) is 0 Å². The van der Waals surface area contributed by atoms with Crippen molar-refractivity contribution < 1.29 is 17.6 Å². The molecule has 0 saturated heterocycles. The molecule has 0 fully saturated rings. The zero-order valence-electron chi connectivity index (χ0n) is 9.35. The molecular weight excluding hydrogens is 260 g/mol. The van der Waals surface area contributed by atoms with Gasteiger partial charge in [-0.1, -0.05) is 0 Å². The van der Waals surface area contributed by atoms with Crippen LogP contribution in [0.2, 0.25) is 0 Å². The van der Waals surface area contributed by atoms with Gasteiger partial charge in [-0.05, 0) is 24.3 Å². The molecule has 2 nitrogen and oxygen atoms in total. The van der Waals surface area contributed by atoms with Crippen molar-refractivity contribution >= 4 is 11.4 Å². The molecule has 0 radical (unpaired) electrons. The van der Waals surface area contributed by atoms with Gasteiger partial charge in [0.05, 0.1) is 16.9 Å². The Morgan fingerprint density at radius 2 is 1.58 bits per heavy atom. The quantitative estimate of drug-likeness (QED) is 0.838. The summed E-state index contributed by atoms with van der Waals surface area (Å²) < 4.78 is 52.9. The third-order valence-corrected chi connectivity index (χ3v) is 2.40. The molecule has 0 bridgehead atoms. The number of nitrogens with zero attached hydrogens (tertiary/aromatic N) is 1. The number of hydrogen-bond acceptors (Lipinski definition) is 2. The SMILES string of the molecule is N#Cc1ccc(Nc2ccc(F)cc2F)c(F)c1F. The first-order chi connectivity index (χ1) is 9.02. The Bertz CT molecular complexity index is 677. The summed E-state index contributed by atoms with van der Waals surface area (Å²) in [6.07, 6.45) is 0. The molecule has 0 saturated carbocycles. The summed E-state index contributed by atoms with van der Waals surface area (Å²) in [5, 5.41) is 10.8. The van der Waals surface area contributed by atoms with Crippen LogP contribution in [0.3, 0.4) is 0 Å². The molecule has 0 heterocycles. The lowest BCUT2D eigenvalue weighted by Crippen LogP contribution is -2.00. The Kier molecular flexibility index (Phi) is 3.38. The number of anilines is 2. The van der Waals surface area contributed by atoms with Crippen molar-refractivity contribution in [1.29, 1.82) is 5.26 Å². The molecule has 0 aromatic heterocycles. The molecule has 19 heavy (non-hydrogen) atoms. The molecule has 0 spiro atoms. The Balaban J connectivity index is 2.39. The second-order valence-corrected chi connectivity index (χ2v) is 3.65. The first-order valence-electron chi connectivity index (χ1n) is 5.13. The molecule has 2 aromatic carbocycles. The standard InChI is InChI=1S/C13H6F4N2/c14-8-2-4-10(9(15)5-8)19-11-3-1-7(6-18)12(16)13(11)17/h1-5,19H. The molecule has 0 atom stereocenters. The second kappa shape index (κ2) is 4.98. The zero-order chi connectivity index (χ0) is 14.0. The number of rotatable bonds is 2. The van der Waals surface area contributed by atoms with E-state index < -0.39 is 28.8 Å². The smallest absolute Gasteiger partial charge is 0.183 e. The van der Waals surface area contributed by atoms with Crippen molar-refractivity contribution in [3.8, 4) is 6.07 Å². The van der Waals surface area contributed by atoms with Gasteiger partial charge >= 0.3 is 0 Å². The van der Waals surface area contributed by atoms with Gasteiger partial charge in [0.1, 0.15) is 17.7 Å². The Labute approximate surface area is 105 Å². The average Bonchev–Trinajstić information content (AvgIpc) is 2.38. The average molecular weight is 266 g/mol. The molecule has 6 heteroatoms. The van der Waals surface area contributed by atoms with Gasteiger partial charge in [0, 0.05) is 6.07 Å². The van der Waals surface area contributed by atoms with Gasteiger partial charge in [0.15, 0.2) is 11.6 Å². The van der Waals surface area contributed by atoms with E-state index in [0.29, 0.717) is 6.07 Å². The van der Waals surface area contributed by atoms with E-state index in [2.05, 4.69) is 5.32 Å². The van der Waals surface area contributed by atoms with E-state index in [1.54, 1.807) is 0 Å². The summed E-state index contributed by atoms with van der Waals surface area (Å²) in [5.41, 5.74) is -1.01. The summed E-state index contributed by atoms with van der Waals surface area (Å²) in [7, 11) is 0. The van der Waals surface area contributed by atoms with E-state index in [-0.39, 0.29) is 11.4 Å². The topological polar surface area (TPSA) is 35.8 Å². The van der Waals surface area contributed by atoms with Crippen LogP contribution in [0.1, 0.15) is 5.56 Å². The zero-order valence-corrected chi connectivity index (χ0v) is 9.35. The lowest BCUT2D eigenvalue weighted by Gasteiger charge is -2.09. The van der Waals surface area contributed by atoms with Crippen molar-refractivity contribution in [3.05, 3.63) is 59.2 Å². The fraction of sp³-hybridized carbons (Fsp3) is 0. The van der Waals surface area contributed by atoms with Crippen LogP contribution in [0.15, 0.2) is 30.3 Å². The molecule has 0 amide bonds. The minimum Gasteiger partial charge on any atom is -0.351 e. The number of hydrogen-bond donors (Lipinski definition) is 1. The largest absolute Gasteiger partial charge is 0.351 e. The Morgan fingerprint density at radius 3 is 2.21 bits per heavy atom. The minimum atomic E-state index is -1.32. The van der Waals surface area contributed by atoms with Crippen molar-refractivity contribution in [2.45, 2.75) is 0 Å². The fourth-order valence-corrected chi connectivity index (χ4v) is 1.47. The predicted octanol–water partition coefficient (Wildman–Crippen LogP) is 3.86. The summed E-state index contributed by atoms with van der Waals surface area (Å²) in [4.78, 5) is 0. The molecule has 2 aromatic rings. The predicted molar refractivity (Wildman–Crippen MR) is 60.7 cm³/mol. The van der Waals surface area contributed by atoms with Gasteiger partial charge in [-0.3, -0.25) is 0 Å². The van der Waals surface area contributed by atoms with Gasteiger partial charge in [0.25, 0.3) is 0 Å². The number of nitrogens with one attached hydrogen (secondary N) is 1. The molecule has 1 N–H and O–H groups in total. The maximum absolute atomic E-state index is 13.6. The fourth-order valence-electron chi connectivity index (χ4n) is 1.47. The number of benzene rings is 2. The van der Waals surface area contributed by atoms with E-state index in [1.807, 2.05) is 0 Å². The van der Waals surface area contributed by atoms with Gasteiger partial charge in [-0.25, -0.2) is 17.6 Å². The van der Waals surface area contributed by atoms with E-state index in [4.69, 9.17) is 5.26 Å². The van der Waals surface area contributed by atoms with Crippen LogP contribution in [-0.2, 0) is 0 Å². The molecule has 2 rings (SSSR count). The van der Waals surface area contributed by atoms with Gasteiger partial charge in [-0.2, -0.15) is 5.26 Å². The van der Waals surface area contributed by atoms with Crippen LogP contribution in [-0.4, -0.2) is 0 Å². The molecule has 0 aliphatic heterocycles. The highest BCUT2D eigenvalue weighted by Crippen LogP contribution is 2.25. The highest BCUT2D eigenvalue weighted by molar-refractivity contribution is 5.62. The van der Waals surface area contributed by atoms with E-state index in [1.165, 1.54) is 6.07 Å². The maximum atomic E-state index is 13.6. The highest BCUT2D eigenvalue weighted by atomic mass is 19.2. The van der Waals surface area contributed by atoms with Crippen LogP contribution < -0.4 is 5.32 Å². The van der Waals surface area contributed by atoms with Crippen LogP contribution in [0.4, 0.5) is 28.9 Å². The first kappa shape index (κ1) is 12.9. The van der Waals surface area contributed by atoms with Crippen molar-refractivity contribution in [3.63, 3.8) is 0 Å². The van der Waals surface area contributed by atoms with Gasteiger partial charge in [-0.15, -0.1) is 0 Å². The van der Waals surface area contributed by atoms with Crippen LogP contribution in [0.5, 0.6) is 0 Å². The summed E-state index contributed by atoms with van der Waals surface area (Å²) in [6.45, 7) is 0. The lowest BCUT2D eigenvalue weighted by atomic mass is 10.2. The van der Waals surface area contributed by atoms with Crippen LogP contribution in [0.25, 0.3) is 0 Å². The summed E-state index contributed by atoms with van der Waals surface area (Å²) in [5.74, 6) is -4.35. The summed E-state index contributed by atoms with van der Waals surface area (Å²) in [6, 6.07) is 6.28. The van der Waals surface area contributed by atoms with Crippen molar-refractivity contribution in [2.24, 2.45) is 0 Å². The van der Waals surface area contributed by atoms with E-state index >= 15 is 0 Å². The molecule has 0 aliphatic carbocycles. The molecule has 0 aliphatic rings. The highest BCUT2D eigenvalue weighted by Gasteiger charge is 2.14. The first-order valence-corrected chi connectivity index (χ1v) is 5.13. The van der Waals surface area contributed by atoms with Crippen LogP contribution >= 0.6 is 0 Å². The number of nitriles is 1. The van der Waals surface area contributed by atoms with Crippen molar-refractivity contribution in [1.82, 2.24) is 0 Å². The minimum absolute atomic E-state index is 0.204. The maximum Gasteiger partial charge on any atom is 0.183 e. The monoisotopic (exact) mass is 266 g/mol. The van der Waals surface area contributed by atoms with E-state index in [9.17, 15) is 17.6 Å². The third kappa shape index (κ3) is 2.50. The molecular formula is C13H6F4N2. The van der Waals surface area contributed by atoms with Gasteiger partial charge < -0.3 is 5.32 Å². The van der Waals surface area contributed by atoms with E-state index in [0.717, 1.165) is 24.3 Å². The molecule has 0 unspecified atom stereocenters. The molecule has 96 valence electrons. The second-order valence-electron chi connectivity index (χ2n) is 3.65. The van der Waals surface area contributed by atoms with Crippen molar-refractivity contribution in [2.75, 3.05) is 5.32 Å². The number of halogens is 4. The Hall–Kier alpha value is -2.55.